The molecule has 226 valence electrons. The van der Waals surface area contributed by atoms with Gasteiger partial charge in [-0.3, -0.25) is 4.98 Å². The van der Waals surface area contributed by atoms with Gasteiger partial charge in [0.05, 0.1) is 22.3 Å². The molecule has 1 aliphatic heterocycles. The van der Waals surface area contributed by atoms with Crippen molar-refractivity contribution in [1.82, 2.24) is 24.8 Å². The average molecular weight is 611 g/mol. The molecule has 2 fully saturated rings. The molecular formula is C30H33F3N8OS. The standard InChI is InChI=1S/C30H33F3N8OS/c1-39(2)30(7-5-8-30)15-41(4)28-18-12-36-25(22-19(31)10-20(32)26-21(22)17(11-34)27(35)43-26)23(33)24(18)37-29(38-28)42-14-16-6-9-40(3)13-16/h10,12,16H,5-9,13-15,35H2,1-4H3/t16-/m0/s1. The number of hydrogen-bond acceptors (Lipinski definition) is 10. The Morgan fingerprint density at radius 2 is 1.98 bits per heavy atom. The Kier molecular flexibility index (Phi) is 7.56. The Balaban J connectivity index is 1.50. The maximum atomic E-state index is 16.6. The van der Waals surface area contributed by atoms with E-state index in [9.17, 15) is 9.65 Å². The quantitative estimate of drug-likeness (QED) is 0.294. The van der Waals surface area contributed by atoms with E-state index in [1.54, 1.807) is 0 Å². The van der Waals surface area contributed by atoms with E-state index in [1.165, 1.54) is 6.20 Å². The zero-order valence-electron chi connectivity index (χ0n) is 24.5. The van der Waals surface area contributed by atoms with E-state index in [2.05, 4.69) is 40.9 Å². The molecule has 2 N–H and O–H groups in total. The number of aromatic nitrogens is 3. The van der Waals surface area contributed by atoms with Gasteiger partial charge in [0.1, 0.15) is 39.7 Å². The van der Waals surface area contributed by atoms with Gasteiger partial charge in [-0.2, -0.15) is 15.2 Å². The zero-order chi connectivity index (χ0) is 30.6. The number of pyridine rings is 1. The number of anilines is 2. The van der Waals surface area contributed by atoms with Crippen LogP contribution in [-0.2, 0) is 0 Å². The Morgan fingerprint density at radius 3 is 2.60 bits per heavy atom. The maximum absolute atomic E-state index is 16.6. The van der Waals surface area contributed by atoms with Crippen LogP contribution in [-0.4, -0.2) is 84.7 Å². The van der Waals surface area contributed by atoms with Crippen LogP contribution in [0.2, 0.25) is 0 Å². The largest absolute Gasteiger partial charge is 0.463 e. The van der Waals surface area contributed by atoms with Gasteiger partial charge in [0, 0.05) is 54.8 Å². The van der Waals surface area contributed by atoms with Crippen molar-refractivity contribution in [3.63, 3.8) is 0 Å². The highest BCUT2D eigenvalue weighted by molar-refractivity contribution is 7.23. The van der Waals surface area contributed by atoms with E-state index in [0.717, 1.165) is 50.1 Å². The zero-order valence-corrected chi connectivity index (χ0v) is 25.4. The molecular weight excluding hydrogens is 577 g/mol. The molecule has 4 heterocycles. The molecule has 1 saturated carbocycles. The normalized spacial score (nSPS) is 18.3. The first kappa shape index (κ1) is 29.3. The predicted octanol–water partition coefficient (Wildman–Crippen LogP) is 5.03. The van der Waals surface area contributed by atoms with E-state index in [0.29, 0.717) is 30.4 Å². The van der Waals surface area contributed by atoms with Gasteiger partial charge in [-0.15, -0.1) is 11.3 Å². The van der Waals surface area contributed by atoms with E-state index < -0.39 is 23.1 Å². The van der Waals surface area contributed by atoms with Gasteiger partial charge in [0.2, 0.25) is 0 Å². The van der Waals surface area contributed by atoms with E-state index in [-0.39, 0.29) is 49.2 Å². The number of nitrogens with two attached hydrogens (primary N) is 1. The van der Waals surface area contributed by atoms with Gasteiger partial charge >= 0.3 is 6.01 Å². The summed E-state index contributed by atoms with van der Waals surface area (Å²) in [7, 11) is 8.05. The SMILES string of the molecule is CN1CC[C@H](COc2nc(N(C)CC3(N(C)C)CCC3)c3cnc(-c4c(F)cc(F)c5sc(N)c(C#N)c45)c(F)c3n2)C1. The molecule has 2 aliphatic rings. The smallest absolute Gasteiger partial charge is 0.319 e. The van der Waals surface area contributed by atoms with Crippen molar-refractivity contribution in [3.05, 3.63) is 35.3 Å². The highest BCUT2D eigenvalue weighted by atomic mass is 32.1. The van der Waals surface area contributed by atoms with Gasteiger partial charge in [-0.1, -0.05) is 0 Å². The molecule has 1 aliphatic carbocycles. The van der Waals surface area contributed by atoms with Crippen molar-refractivity contribution in [3.8, 4) is 23.3 Å². The predicted molar refractivity (Wildman–Crippen MR) is 162 cm³/mol. The Labute approximate surface area is 251 Å². The van der Waals surface area contributed by atoms with Gasteiger partial charge in [0.15, 0.2) is 5.82 Å². The number of nitriles is 1. The third kappa shape index (κ3) is 5.01. The van der Waals surface area contributed by atoms with Crippen molar-refractivity contribution in [2.45, 2.75) is 31.2 Å². The van der Waals surface area contributed by atoms with Crippen LogP contribution >= 0.6 is 11.3 Å². The number of benzene rings is 1. The number of nitrogens with zero attached hydrogens (tertiary/aromatic N) is 7. The second-order valence-corrected chi connectivity index (χ2v) is 13.0. The number of ether oxygens (including phenoxy) is 1. The third-order valence-electron chi connectivity index (χ3n) is 8.95. The molecule has 0 spiro atoms. The second kappa shape index (κ2) is 11.1. The fraction of sp³-hybridized carbons (Fsp3) is 0.467. The van der Waals surface area contributed by atoms with Gasteiger partial charge in [0.25, 0.3) is 0 Å². The van der Waals surface area contributed by atoms with Crippen molar-refractivity contribution in [2.24, 2.45) is 5.92 Å². The van der Waals surface area contributed by atoms with Gasteiger partial charge in [-0.05, 0) is 53.4 Å². The minimum atomic E-state index is -1.06. The Bertz CT molecular complexity index is 1770. The average Bonchev–Trinajstić information content (AvgIpc) is 3.52. The number of halogens is 3. The molecule has 43 heavy (non-hydrogen) atoms. The summed E-state index contributed by atoms with van der Waals surface area (Å²) in [5.41, 5.74) is 4.93. The first-order chi connectivity index (χ1) is 20.5. The molecule has 0 radical (unpaired) electrons. The first-order valence-electron chi connectivity index (χ1n) is 14.2. The van der Waals surface area contributed by atoms with Crippen LogP contribution in [0.3, 0.4) is 0 Å². The molecule has 1 atom stereocenters. The van der Waals surface area contributed by atoms with E-state index in [1.807, 2.05) is 18.0 Å². The molecule has 6 rings (SSSR count). The minimum Gasteiger partial charge on any atom is -0.463 e. The summed E-state index contributed by atoms with van der Waals surface area (Å²) in [5, 5.41) is 9.95. The van der Waals surface area contributed by atoms with Crippen LogP contribution in [0, 0.1) is 34.7 Å². The second-order valence-electron chi connectivity index (χ2n) is 11.9. The first-order valence-corrected chi connectivity index (χ1v) is 15.0. The monoisotopic (exact) mass is 610 g/mol. The fourth-order valence-corrected chi connectivity index (χ4v) is 7.25. The van der Waals surface area contributed by atoms with Crippen molar-refractivity contribution < 1.29 is 17.9 Å². The summed E-state index contributed by atoms with van der Waals surface area (Å²) in [6.07, 6.45) is 5.53. The van der Waals surface area contributed by atoms with Crippen LogP contribution < -0.4 is 15.4 Å². The molecule has 1 aromatic carbocycles. The van der Waals surface area contributed by atoms with Crippen molar-refractivity contribution in [2.75, 3.05) is 65.1 Å². The fourth-order valence-electron chi connectivity index (χ4n) is 6.32. The van der Waals surface area contributed by atoms with Crippen LogP contribution in [0.15, 0.2) is 12.3 Å². The summed E-state index contributed by atoms with van der Waals surface area (Å²) in [4.78, 5) is 19.9. The number of hydrogen-bond donors (Lipinski definition) is 1. The number of likely N-dealkylation sites (tertiary alicyclic amines) is 1. The lowest BCUT2D eigenvalue weighted by atomic mass is 9.75. The van der Waals surface area contributed by atoms with Crippen LogP contribution in [0.25, 0.3) is 32.2 Å². The summed E-state index contributed by atoms with van der Waals surface area (Å²) in [6, 6.07) is 2.57. The lowest BCUT2D eigenvalue weighted by molar-refractivity contribution is 0.0682. The number of likely N-dealkylation sites (N-methyl/N-ethyl adjacent to an activating group) is 2. The van der Waals surface area contributed by atoms with Crippen LogP contribution in [0.5, 0.6) is 6.01 Å². The molecule has 9 nitrogen and oxygen atoms in total. The highest BCUT2D eigenvalue weighted by Gasteiger charge is 2.40. The maximum Gasteiger partial charge on any atom is 0.319 e. The molecule has 0 unspecified atom stereocenters. The van der Waals surface area contributed by atoms with Crippen LogP contribution in [0.4, 0.5) is 24.0 Å². The number of fused-ring (bicyclic) bond motifs is 2. The van der Waals surface area contributed by atoms with Gasteiger partial charge in [-0.25, -0.2) is 13.2 Å². The minimum absolute atomic E-state index is 0.00897. The molecule has 0 bridgehead atoms. The highest BCUT2D eigenvalue weighted by Crippen LogP contribution is 2.44. The Morgan fingerprint density at radius 1 is 1.21 bits per heavy atom. The Hall–Kier alpha value is -3.73. The van der Waals surface area contributed by atoms with Crippen molar-refractivity contribution in [1.29, 1.82) is 5.26 Å². The topological polar surface area (TPSA) is 107 Å². The summed E-state index contributed by atoms with van der Waals surface area (Å²) >= 11 is 0.803. The summed E-state index contributed by atoms with van der Waals surface area (Å²) in [6.45, 7) is 2.84. The summed E-state index contributed by atoms with van der Waals surface area (Å²) < 4.78 is 52.7. The number of rotatable bonds is 8. The van der Waals surface area contributed by atoms with E-state index >= 15 is 8.78 Å². The molecule has 1 saturated heterocycles. The molecule has 4 aromatic rings. The lowest BCUT2D eigenvalue weighted by Crippen LogP contribution is -2.56. The molecule has 0 amide bonds. The summed E-state index contributed by atoms with van der Waals surface area (Å²) in [5.74, 6) is -2.15. The molecule has 13 heteroatoms. The lowest BCUT2D eigenvalue weighted by Gasteiger charge is -2.49. The van der Waals surface area contributed by atoms with E-state index in [4.69, 9.17) is 15.5 Å². The van der Waals surface area contributed by atoms with Crippen LogP contribution in [0.1, 0.15) is 31.2 Å². The third-order valence-corrected chi connectivity index (χ3v) is 9.98. The van der Waals surface area contributed by atoms with Crippen molar-refractivity contribution >= 4 is 43.1 Å². The molecule has 3 aromatic heterocycles. The van der Waals surface area contributed by atoms with Gasteiger partial charge < -0.3 is 25.2 Å². The number of nitrogen functional groups attached to an aromatic ring is 1. The number of thiophene rings is 1.